The normalized spacial score (nSPS) is 9.92. The van der Waals surface area contributed by atoms with E-state index in [0.29, 0.717) is 12.0 Å². The molecule has 3 nitrogen and oxygen atoms in total. The van der Waals surface area contributed by atoms with Gasteiger partial charge in [-0.05, 0) is 12.0 Å². The van der Waals surface area contributed by atoms with Gasteiger partial charge in [-0.1, -0.05) is 25.1 Å². The van der Waals surface area contributed by atoms with E-state index in [1.165, 1.54) is 0 Å². The highest BCUT2D eigenvalue weighted by Crippen LogP contribution is 2.23. The number of phenolic OH excluding ortho intramolecular Hbond substituents is 1. The number of carboxylic acids is 1. The van der Waals surface area contributed by atoms with E-state index in [-0.39, 0.29) is 12.2 Å². The van der Waals surface area contributed by atoms with Gasteiger partial charge in [-0.15, -0.1) is 0 Å². The molecule has 70 valence electrons. The molecule has 0 amide bonds. The Morgan fingerprint density at radius 2 is 2.00 bits per heavy atom. The number of aromatic hydroxyl groups is 1. The van der Waals surface area contributed by atoms with Crippen LogP contribution in [-0.4, -0.2) is 16.2 Å². The van der Waals surface area contributed by atoms with Gasteiger partial charge in [0, 0.05) is 5.56 Å². The first kappa shape index (κ1) is 9.58. The van der Waals surface area contributed by atoms with Crippen molar-refractivity contribution in [2.24, 2.45) is 0 Å². The maximum absolute atomic E-state index is 10.4. The molecule has 1 aromatic carbocycles. The van der Waals surface area contributed by atoms with E-state index in [2.05, 4.69) is 0 Å². The van der Waals surface area contributed by atoms with E-state index in [1.54, 1.807) is 18.2 Å². The Labute approximate surface area is 76.6 Å². The van der Waals surface area contributed by atoms with Gasteiger partial charge in [0.05, 0.1) is 6.42 Å². The monoisotopic (exact) mass is 180 g/mol. The molecule has 0 aromatic heterocycles. The Bertz CT molecular complexity index is 318. The topological polar surface area (TPSA) is 57.5 Å². The third-order valence-corrected chi connectivity index (χ3v) is 1.93. The Morgan fingerprint density at radius 3 is 2.54 bits per heavy atom. The molecule has 0 aliphatic rings. The molecule has 2 N–H and O–H groups in total. The van der Waals surface area contributed by atoms with Gasteiger partial charge in [0.15, 0.2) is 0 Å². The Balaban J connectivity index is 3.01. The van der Waals surface area contributed by atoms with Crippen LogP contribution in [0.3, 0.4) is 0 Å². The zero-order valence-electron chi connectivity index (χ0n) is 7.45. The van der Waals surface area contributed by atoms with Crippen LogP contribution >= 0.6 is 0 Å². The number of carbonyl (C=O) groups is 1. The lowest BCUT2D eigenvalue weighted by Gasteiger charge is -2.05. The van der Waals surface area contributed by atoms with Crippen LogP contribution < -0.4 is 0 Å². The summed E-state index contributed by atoms with van der Waals surface area (Å²) in [6.07, 6.45) is 0.582. The molecule has 0 unspecified atom stereocenters. The predicted molar refractivity (Wildman–Crippen MR) is 48.8 cm³/mol. The van der Waals surface area contributed by atoms with Gasteiger partial charge in [-0.3, -0.25) is 4.79 Å². The predicted octanol–water partition coefficient (Wildman–Crippen LogP) is 1.58. The van der Waals surface area contributed by atoms with Gasteiger partial charge < -0.3 is 10.2 Å². The number of rotatable bonds is 3. The molecule has 0 aliphatic heterocycles. The number of hydrogen-bond acceptors (Lipinski definition) is 2. The smallest absolute Gasteiger partial charge is 0.307 e. The fraction of sp³-hybridized carbons (Fsp3) is 0.300. The highest BCUT2D eigenvalue weighted by atomic mass is 16.4. The van der Waals surface area contributed by atoms with Crippen LogP contribution in [0.2, 0.25) is 0 Å². The summed E-state index contributed by atoms with van der Waals surface area (Å²) in [6, 6.07) is 5.18. The number of aryl methyl sites for hydroxylation is 1. The zero-order chi connectivity index (χ0) is 9.84. The summed E-state index contributed by atoms with van der Waals surface area (Å²) in [4.78, 5) is 10.4. The molecule has 0 bridgehead atoms. The second-order valence-electron chi connectivity index (χ2n) is 2.85. The molecule has 0 spiro atoms. The second kappa shape index (κ2) is 3.94. The Kier molecular flexibility index (Phi) is 2.90. The third kappa shape index (κ3) is 2.21. The molecule has 0 fully saturated rings. The standard InChI is InChI=1S/C10H12O3/c1-2-7-4-3-5-8(10(7)13)6-9(11)12/h3-5,13H,2,6H2,1H3,(H,11,12). The lowest BCUT2D eigenvalue weighted by atomic mass is 10.0. The molecule has 13 heavy (non-hydrogen) atoms. The van der Waals surface area contributed by atoms with E-state index < -0.39 is 5.97 Å². The van der Waals surface area contributed by atoms with Crippen molar-refractivity contribution >= 4 is 5.97 Å². The molecule has 0 saturated heterocycles. The lowest BCUT2D eigenvalue weighted by molar-refractivity contribution is -0.136. The lowest BCUT2D eigenvalue weighted by Crippen LogP contribution is -2.01. The number of para-hydroxylation sites is 1. The molecule has 0 heterocycles. The van der Waals surface area contributed by atoms with Crippen molar-refractivity contribution in [3.8, 4) is 5.75 Å². The Hall–Kier alpha value is -1.51. The second-order valence-corrected chi connectivity index (χ2v) is 2.85. The van der Waals surface area contributed by atoms with Crippen molar-refractivity contribution in [2.75, 3.05) is 0 Å². The first-order valence-corrected chi connectivity index (χ1v) is 4.16. The SMILES string of the molecule is CCc1cccc(CC(=O)O)c1O. The van der Waals surface area contributed by atoms with Crippen LogP contribution in [0.15, 0.2) is 18.2 Å². The first-order valence-electron chi connectivity index (χ1n) is 4.16. The fourth-order valence-corrected chi connectivity index (χ4v) is 1.24. The van der Waals surface area contributed by atoms with Crippen molar-refractivity contribution in [3.63, 3.8) is 0 Å². The summed E-state index contributed by atoms with van der Waals surface area (Å²) in [5.74, 6) is -0.809. The first-order chi connectivity index (χ1) is 6.15. The molecule has 0 aliphatic carbocycles. The van der Waals surface area contributed by atoms with Crippen LogP contribution in [-0.2, 0) is 17.6 Å². The van der Waals surface area contributed by atoms with Crippen molar-refractivity contribution < 1.29 is 15.0 Å². The minimum atomic E-state index is -0.927. The van der Waals surface area contributed by atoms with Gasteiger partial charge in [0.2, 0.25) is 0 Å². The van der Waals surface area contributed by atoms with Gasteiger partial charge in [-0.25, -0.2) is 0 Å². The van der Waals surface area contributed by atoms with E-state index in [9.17, 15) is 9.90 Å². The molecule has 0 radical (unpaired) electrons. The highest BCUT2D eigenvalue weighted by molar-refractivity contribution is 5.71. The summed E-state index contributed by atoms with van der Waals surface area (Å²) in [5, 5.41) is 18.1. The largest absolute Gasteiger partial charge is 0.507 e. The van der Waals surface area contributed by atoms with Crippen molar-refractivity contribution in [2.45, 2.75) is 19.8 Å². The third-order valence-electron chi connectivity index (χ3n) is 1.93. The number of aliphatic carboxylic acids is 1. The highest BCUT2D eigenvalue weighted by Gasteiger charge is 2.08. The van der Waals surface area contributed by atoms with E-state index in [0.717, 1.165) is 5.56 Å². The number of hydrogen-bond donors (Lipinski definition) is 2. The quantitative estimate of drug-likeness (QED) is 0.742. The molecule has 3 heteroatoms. The average Bonchev–Trinajstić information content (AvgIpc) is 2.08. The van der Waals surface area contributed by atoms with Crippen LogP contribution in [0.25, 0.3) is 0 Å². The van der Waals surface area contributed by atoms with E-state index >= 15 is 0 Å². The minimum Gasteiger partial charge on any atom is -0.507 e. The van der Waals surface area contributed by atoms with E-state index in [1.807, 2.05) is 6.92 Å². The molecular formula is C10H12O3. The van der Waals surface area contributed by atoms with Crippen LogP contribution in [0.1, 0.15) is 18.1 Å². The van der Waals surface area contributed by atoms with Gasteiger partial charge >= 0.3 is 5.97 Å². The van der Waals surface area contributed by atoms with Gasteiger partial charge in [-0.2, -0.15) is 0 Å². The average molecular weight is 180 g/mol. The Morgan fingerprint density at radius 1 is 1.38 bits per heavy atom. The molecule has 0 atom stereocenters. The summed E-state index contributed by atoms with van der Waals surface area (Å²) >= 11 is 0. The van der Waals surface area contributed by atoms with Gasteiger partial charge in [0.25, 0.3) is 0 Å². The number of carboxylic acid groups (broad SMARTS) is 1. The van der Waals surface area contributed by atoms with Crippen LogP contribution in [0.4, 0.5) is 0 Å². The number of phenols is 1. The molecule has 1 aromatic rings. The maximum Gasteiger partial charge on any atom is 0.307 e. The number of benzene rings is 1. The summed E-state index contributed by atoms with van der Waals surface area (Å²) in [5.41, 5.74) is 1.27. The van der Waals surface area contributed by atoms with Crippen LogP contribution in [0.5, 0.6) is 5.75 Å². The molecular weight excluding hydrogens is 168 g/mol. The van der Waals surface area contributed by atoms with Crippen LogP contribution in [0, 0.1) is 0 Å². The van der Waals surface area contributed by atoms with Crippen molar-refractivity contribution in [3.05, 3.63) is 29.3 Å². The van der Waals surface area contributed by atoms with Gasteiger partial charge in [0.1, 0.15) is 5.75 Å². The zero-order valence-corrected chi connectivity index (χ0v) is 7.45. The molecule has 1 rings (SSSR count). The maximum atomic E-state index is 10.4. The summed E-state index contributed by atoms with van der Waals surface area (Å²) < 4.78 is 0. The summed E-state index contributed by atoms with van der Waals surface area (Å²) in [7, 11) is 0. The van der Waals surface area contributed by atoms with Crippen molar-refractivity contribution in [1.29, 1.82) is 0 Å². The summed E-state index contributed by atoms with van der Waals surface area (Å²) in [6.45, 7) is 1.92. The van der Waals surface area contributed by atoms with E-state index in [4.69, 9.17) is 5.11 Å². The van der Waals surface area contributed by atoms with Crippen molar-refractivity contribution in [1.82, 2.24) is 0 Å². The fourth-order valence-electron chi connectivity index (χ4n) is 1.24. The minimum absolute atomic E-state index is 0.118. The molecule has 0 saturated carbocycles.